The molecule has 1 fully saturated rings. The van der Waals surface area contributed by atoms with E-state index in [9.17, 15) is 4.79 Å². The van der Waals surface area contributed by atoms with Gasteiger partial charge in [0, 0.05) is 13.2 Å². The predicted molar refractivity (Wildman–Crippen MR) is 156 cm³/mol. The number of methoxy groups -OCH3 is 1. The smallest absolute Gasteiger partial charge is 0.335 e. The summed E-state index contributed by atoms with van der Waals surface area (Å²) < 4.78 is 22.0. The van der Waals surface area contributed by atoms with Gasteiger partial charge in [0.2, 0.25) is 0 Å². The molecule has 6 nitrogen and oxygen atoms in total. The van der Waals surface area contributed by atoms with E-state index in [4.69, 9.17) is 24.1 Å². The monoisotopic (exact) mass is 538 g/mol. The Bertz CT molecular complexity index is 1050. The van der Waals surface area contributed by atoms with Gasteiger partial charge in [0.1, 0.15) is 31.3 Å². The third-order valence-electron chi connectivity index (χ3n) is 7.60. The highest BCUT2D eigenvalue weighted by Crippen LogP contribution is 2.39. The van der Waals surface area contributed by atoms with Crippen LogP contribution in [0.5, 0.6) is 11.5 Å². The van der Waals surface area contributed by atoms with Crippen molar-refractivity contribution in [1.82, 2.24) is 0 Å². The van der Waals surface area contributed by atoms with E-state index < -0.39 is 12.6 Å². The van der Waals surface area contributed by atoms with E-state index in [1.807, 2.05) is 18.2 Å². The zero-order valence-electron chi connectivity index (χ0n) is 24.0. The minimum Gasteiger partial charge on any atom is -0.491 e. The van der Waals surface area contributed by atoms with Crippen LogP contribution in [0.3, 0.4) is 0 Å². The maximum Gasteiger partial charge on any atom is 0.335 e. The van der Waals surface area contributed by atoms with Crippen LogP contribution in [0.15, 0.2) is 48.6 Å². The zero-order valence-corrected chi connectivity index (χ0v) is 24.0. The SMILES string of the molecule is C=C(CO)C(=O)OCCOc1cc(OCCOC)cc(-c2ccc(C3CCC(CCCCC)CC3)cc2C)c1. The molecule has 0 atom stereocenters. The Labute approximate surface area is 234 Å². The third kappa shape index (κ3) is 9.70. The molecule has 0 spiro atoms. The topological polar surface area (TPSA) is 74.2 Å². The maximum absolute atomic E-state index is 11.7. The molecule has 0 aliphatic heterocycles. The number of aliphatic hydroxyl groups is 1. The van der Waals surface area contributed by atoms with Crippen molar-refractivity contribution in [3.8, 4) is 22.6 Å². The van der Waals surface area contributed by atoms with Crippen LogP contribution in [-0.4, -0.2) is 51.2 Å². The summed E-state index contributed by atoms with van der Waals surface area (Å²) in [5.41, 5.74) is 4.84. The van der Waals surface area contributed by atoms with Crippen LogP contribution >= 0.6 is 0 Å². The molecule has 0 aromatic heterocycles. The van der Waals surface area contributed by atoms with Gasteiger partial charge < -0.3 is 24.1 Å². The summed E-state index contributed by atoms with van der Waals surface area (Å²) in [6, 6.07) is 12.7. The molecule has 1 saturated carbocycles. The molecule has 0 radical (unpaired) electrons. The highest BCUT2D eigenvalue weighted by atomic mass is 16.6. The van der Waals surface area contributed by atoms with E-state index in [-0.39, 0.29) is 18.8 Å². The summed E-state index contributed by atoms with van der Waals surface area (Å²) in [5.74, 6) is 2.24. The maximum atomic E-state index is 11.7. The summed E-state index contributed by atoms with van der Waals surface area (Å²) in [6.07, 6.45) is 10.7. The van der Waals surface area contributed by atoms with Crippen LogP contribution in [0.2, 0.25) is 0 Å². The molecule has 2 aromatic rings. The fraction of sp³-hybridized carbons (Fsp3) is 0.545. The molecule has 214 valence electrons. The molecule has 1 aliphatic carbocycles. The number of rotatable bonds is 16. The lowest BCUT2D eigenvalue weighted by Gasteiger charge is -2.29. The Balaban J connectivity index is 1.68. The van der Waals surface area contributed by atoms with Crippen molar-refractivity contribution in [2.45, 2.75) is 71.1 Å². The molecule has 2 aromatic carbocycles. The van der Waals surface area contributed by atoms with Gasteiger partial charge in [-0.05, 0) is 78.8 Å². The van der Waals surface area contributed by atoms with Crippen molar-refractivity contribution in [1.29, 1.82) is 0 Å². The van der Waals surface area contributed by atoms with Crippen molar-refractivity contribution in [2.75, 3.05) is 40.1 Å². The predicted octanol–water partition coefficient (Wildman–Crippen LogP) is 7.01. The van der Waals surface area contributed by atoms with Crippen LogP contribution in [0.4, 0.5) is 0 Å². The average Bonchev–Trinajstić information content (AvgIpc) is 2.95. The van der Waals surface area contributed by atoms with Gasteiger partial charge in [-0.25, -0.2) is 4.79 Å². The van der Waals surface area contributed by atoms with Gasteiger partial charge in [0.05, 0.1) is 18.8 Å². The van der Waals surface area contributed by atoms with Gasteiger partial charge in [-0.2, -0.15) is 0 Å². The first-order valence-corrected chi connectivity index (χ1v) is 14.4. The average molecular weight is 539 g/mol. The van der Waals surface area contributed by atoms with E-state index in [1.165, 1.54) is 62.5 Å². The summed E-state index contributed by atoms with van der Waals surface area (Å²) in [7, 11) is 1.64. The molecule has 39 heavy (non-hydrogen) atoms. The number of hydrogen-bond donors (Lipinski definition) is 1. The molecular weight excluding hydrogens is 492 g/mol. The van der Waals surface area contributed by atoms with Crippen molar-refractivity contribution < 1.29 is 28.8 Å². The Morgan fingerprint density at radius 2 is 1.64 bits per heavy atom. The molecule has 1 N–H and O–H groups in total. The van der Waals surface area contributed by atoms with Gasteiger partial charge in [0.15, 0.2) is 0 Å². The van der Waals surface area contributed by atoms with E-state index in [2.05, 4.69) is 38.6 Å². The quantitative estimate of drug-likeness (QED) is 0.141. The van der Waals surface area contributed by atoms with Gasteiger partial charge in [-0.3, -0.25) is 0 Å². The number of benzene rings is 2. The molecule has 1 aliphatic rings. The van der Waals surface area contributed by atoms with Crippen molar-refractivity contribution in [3.05, 3.63) is 59.7 Å². The first kappa shape index (κ1) is 30.7. The van der Waals surface area contributed by atoms with Gasteiger partial charge in [-0.15, -0.1) is 0 Å². The minimum atomic E-state index is -0.626. The number of ether oxygens (including phenoxy) is 4. The highest BCUT2D eigenvalue weighted by Gasteiger charge is 2.22. The second-order valence-corrected chi connectivity index (χ2v) is 10.6. The second-order valence-electron chi connectivity index (χ2n) is 10.6. The van der Waals surface area contributed by atoms with Crippen molar-refractivity contribution in [3.63, 3.8) is 0 Å². The van der Waals surface area contributed by atoms with Gasteiger partial charge in [-0.1, -0.05) is 57.4 Å². The first-order chi connectivity index (χ1) is 18.9. The Kier molecular flexibility index (Phi) is 12.8. The number of carbonyl (C=O) groups excluding carboxylic acids is 1. The number of carbonyl (C=O) groups is 1. The molecule has 0 bridgehead atoms. The van der Waals surface area contributed by atoms with Crippen LogP contribution in [0.1, 0.15) is 75.3 Å². The van der Waals surface area contributed by atoms with Gasteiger partial charge in [0.25, 0.3) is 0 Å². The summed E-state index contributed by atoms with van der Waals surface area (Å²) in [5, 5.41) is 9.00. The lowest BCUT2D eigenvalue weighted by atomic mass is 9.76. The molecule has 0 heterocycles. The van der Waals surface area contributed by atoms with Crippen LogP contribution in [-0.2, 0) is 14.3 Å². The number of unbranched alkanes of at least 4 members (excludes halogenated alkanes) is 2. The normalized spacial score (nSPS) is 17.0. The first-order valence-electron chi connectivity index (χ1n) is 14.4. The van der Waals surface area contributed by atoms with Crippen molar-refractivity contribution >= 4 is 5.97 Å². The number of hydrogen-bond acceptors (Lipinski definition) is 6. The van der Waals surface area contributed by atoms with Gasteiger partial charge >= 0.3 is 5.97 Å². The molecule has 0 amide bonds. The van der Waals surface area contributed by atoms with Crippen LogP contribution < -0.4 is 9.47 Å². The Hall–Kier alpha value is -2.83. The summed E-state index contributed by atoms with van der Waals surface area (Å²) in [4.78, 5) is 11.7. The number of esters is 1. The molecular formula is C33H46O6. The lowest BCUT2D eigenvalue weighted by molar-refractivity contribution is -0.140. The van der Waals surface area contributed by atoms with E-state index in [0.717, 1.165) is 17.0 Å². The molecule has 6 heteroatoms. The largest absolute Gasteiger partial charge is 0.491 e. The fourth-order valence-electron chi connectivity index (χ4n) is 5.33. The van der Waals surface area contributed by atoms with E-state index in [0.29, 0.717) is 30.6 Å². The molecule has 0 unspecified atom stereocenters. The molecule has 3 rings (SSSR count). The number of aliphatic hydroxyl groups excluding tert-OH is 1. The van der Waals surface area contributed by atoms with E-state index >= 15 is 0 Å². The molecule has 0 saturated heterocycles. The fourth-order valence-corrected chi connectivity index (χ4v) is 5.33. The number of aryl methyl sites for hydroxylation is 1. The zero-order chi connectivity index (χ0) is 28.0. The third-order valence-corrected chi connectivity index (χ3v) is 7.60. The van der Waals surface area contributed by atoms with E-state index in [1.54, 1.807) is 7.11 Å². The summed E-state index contributed by atoms with van der Waals surface area (Å²) in [6.45, 7) is 8.63. The second kappa shape index (κ2) is 16.3. The Morgan fingerprint density at radius 3 is 2.26 bits per heavy atom. The van der Waals surface area contributed by atoms with Crippen LogP contribution in [0, 0.1) is 12.8 Å². The highest BCUT2D eigenvalue weighted by molar-refractivity contribution is 5.87. The lowest BCUT2D eigenvalue weighted by Crippen LogP contribution is -2.15. The Morgan fingerprint density at radius 1 is 0.949 bits per heavy atom. The van der Waals surface area contributed by atoms with Crippen LogP contribution in [0.25, 0.3) is 11.1 Å². The van der Waals surface area contributed by atoms with Crippen molar-refractivity contribution in [2.24, 2.45) is 5.92 Å². The summed E-state index contributed by atoms with van der Waals surface area (Å²) >= 11 is 0. The minimum absolute atomic E-state index is 0.0183. The standard InChI is InChI=1S/C33H46O6/c1-5-6-7-8-26-9-11-27(12-10-26)28-13-14-32(24(2)19-28)29-20-30(37-16-15-36-4)22-31(21-29)38-17-18-39-33(35)25(3)23-34/h13-14,19-22,26-27,34H,3,5-12,15-18,23H2,1-2,4H3.